The number of methoxy groups -OCH3 is 1. The zero-order valence-electron chi connectivity index (χ0n) is 20.0. The molecule has 0 bridgehead atoms. The van der Waals surface area contributed by atoms with E-state index >= 15 is 0 Å². The highest BCUT2D eigenvalue weighted by Crippen LogP contribution is 2.35. The maximum absolute atomic E-state index is 13.0. The number of halogens is 3. The summed E-state index contributed by atoms with van der Waals surface area (Å²) in [6.45, 7) is -0.0593. The van der Waals surface area contributed by atoms with E-state index in [1.54, 1.807) is 24.3 Å². The van der Waals surface area contributed by atoms with Crippen LogP contribution in [0.15, 0.2) is 54.9 Å². The van der Waals surface area contributed by atoms with Gasteiger partial charge in [0.2, 0.25) is 5.88 Å². The third-order valence-corrected chi connectivity index (χ3v) is 6.38. The zero-order valence-corrected chi connectivity index (χ0v) is 21.6. The summed E-state index contributed by atoms with van der Waals surface area (Å²) in [7, 11) is -3.57. The lowest BCUT2D eigenvalue weighted by Crippen LogP contribution is -2.21. The van der Waals surface area contributed by atoms with Crippen molar-refractivity contribution in [1.29, 1.82) is 0 Å². The van der Waals surface area contributed by atoms with Gasteiger partial charge in [0.1, 0.15) is 35.2 Å². The first kappa shape index (κ1) is 27.5. The molecule has 0 saturated heterocycles. The number of hydrogen-bond acceptors (Lipinski definition) is 9. The maximum atomic E-state index is 13.0. The molecule has 0 unspecified atom stereocenters. The van der Waals surface area contributed by atoms with Crippen LogP contribution in [0.3, 0.4) is 0 Å². The van der Waals surface area contributed by atoms with Gasteiger partial charge in [-0.05, 0) is 29.8 Å². The number of ether oxygens (including phenoxy) is 2. The number of carbonyl (C=O) groups excluding carboxylic acids is 1. The number of sulfonamides is 1. The lowest BCUT2D eigenvalue weighted by Gasteiger charge is -2.15. The lowest BCUT2D eigenvalue weighted by molar-refractivity contribution is 0.100. The summed E-state index contributed by atoms with van der Waals surface area (Å²) in [5, 5.41) is 10.2. The van der Waals surface area contributed by atoms with Gasteiger partial charge in [-0.25, -0.2) is 18.4 Å². The number of H-pyrrole nitrogens is 1. The van der Waals surface area contributed by atoms with Crippen LogP contribution in [0.25, 0.3) is 11.3 Å². The number of rotatable bonds is 11. The minimum atomic E-state index is -5.01. The molecular weight excluding hydrogens is 560 g/mol. The summed E-state index contributed by atoms with van der Waals surface area (Å²) in [5.41, 5.74) is 6.31. The Morgan fingerprint density at radius 1 is 1.15 bits per heavy atom. The van der Waals surface area contributed by atoms with Crippen molar-refractivity contribution < 1.29 is 31.5 Å². The van der Waals surface area contributed by atoms with Crippen LogP contribution in [0, 0.1) is 0 Å². The number of nitrogens with zero attached hydrogens (tertiary/aromatic N) is 3. The van der Waals surface area contributed by atoms with Crippen LogP contribution < -0.4 is 25.2 Å². The summed E-state index contributed by atoms with van der Waals surface area (Å²) in [4.78, 5) is 20.5. The second kappa shape index (κ2) is 11.5. The second-order valence-corrected chi connectivity index (χ2v) is 9.88. The SMILES string of the molecule is COc1cnc(Nc2[nH]nc(-c3ccc(NS(=O)(=O)C(F)F)c(OCc4ccc(Cl)cc4)c3)c2C(N)=O)cn1. The van der Waals surface area contributed by atoms with E-state index in [2.05, 4.69) is 25.5 Å². The van der Waals surface area contributed by atoms with Gasteiger partial charge in [0.15, 0.2) is 0 Å². The van der Waals surface area contributed by atoms with Crippen molar-refractivity contribution in [3.8, 4) is 22.9 Å². The summed E-state index contributed by atoms with van der Waals surface area (Å²) in [5.74, 6) is -4.02. The number of aromatic amines is 1. The number of alkyl halides is 2. The smallest absolute Gasteiger partial charge is 0.355 e. The molecule has 0 saturated carbocycles. The van der Waals surface area contributed by atoms with E-state index in [1.807, 2.05) is 4.72 Å². The Kier molecular flexibility index (Phi) is 8.11. The van der Waals surface area contributed by atoms with E-state index in [0.29, 0.717) is 10.6 Å². The first-order valence-corrected chi connectivity index (χ1v) is 12.8. The fourth-order valence-electron chi connectivity index (χ4n) is 3.31. The number of anilines is 3. The van der Waals surface area contributed by atoms with Crippen LogP contribution in [0.4, 0.5) is 26.1 Å². The summed E-state index contributed by atoms with van der Waals surface area (Å²) in [6, 6.07) is 10.5. The van der Waals surface area contributed by atoms with Gasteiger partial charge in [-0.2, -0.15) is 13.9 Å². The number of primary amides is 1. The van der Waals surface area contributed by atoms with Gasteiger partial charge < -0.3 is 20.5 Å². The number of nitrogens with two attached hydrogens (primary N) is 1. The first-order chi connectivity index (χ1) is 18.6. The second-order valence-electron chi connectivity index (χ2n) is 7.79. The molecule has 2 aromatic carbocycles. The Hall–Kier alpha value is -4.50. The van der Waals surface area contributed by atoms with Crippen molar-refractivity contribution >= 4 is 44.9 Å². The van der Waals surface area contributed by atoms with Gasteiger partial charge in [-0.1, -0.05) is 29.8 Å². The molecule has 2 heterocycles. The van der Waals surface area contributed by atoms with E-state index in [4.69, 9.17) is 26.8 Å². The highest BCUT2D eigenvalue weighted by atomic mass is 35.5. The van der Waals surface area contributed by atoms with Crippen LogP contribution in [-0.4, -0.2) is 47.4 Å². The molecule has 1 amide bonds. The van der Waals surface area contributed by atoms with E-state index in [-0.39, 0.29) is 52.4 Å². The van der Waals surface area contributed by atoms with E-state index in [1.165, 1.54) is 37.7 Å². The fourth-order valence-corrected chi connectivity index (χ4v) is 4.00. The van der Waals surface area contributed by atoms with E-state index in [9.17, 15) is 22.0 Å². The first-order valence-electron chi connectivity index (χ1n) is 10.9. The van der Waals surface area contributed by atoms with Crippen LogP contribution in [0.2, 0.25) is 5.02 Å². The van der Waals surface area contributed by atoms with Gasteiger partial charge in [-0.15, -0.1) is 0 Å². The third kappa shape index (κ3) is 6.50. The van der Waals surface area contributed by atoms with Gasteiger partial charge in [-0.3, -0.25) is 14.6 Å². The highest BCUT2D eigenvalue weighted by Gasteiger charge is 2.26. The maximum Gasteiger partial charge on any atom is 0.355 e. The third-order valence-electron chi connectivity index (χ3n) is 5.15. The largest absolute Gasteiger partial charge is 0.487 e. The van der Waals surface area contributed by atoms with Gasteiger partial charge in [0, 0.05) is 10.6 Å². The number of nitrogens with one attached hydrogen (secondary N) is 3. The van der Waals surface area contributed by atoms with E-state index < -0.39 is 21.7 Å². The Morgan fingerprint density at radius 2 is 1.90 bits per heavy atom. The topological polar surface area (TPSA) is 174 Å². The standard InChI is InChI=1S/C23H20ClF2N7O5S/c1-37-18-10-28-17(9-29-18)30-22-19(21(27)34)20(31-32-22)13-4-7-15(33-39(35,36)23(25)26)16(8-13)38-11-12-2-5-14(24)6-3-12/h2-10,23,33H,11H2,1H3,(H2,27,34)(H2,28,30,31,32). The molecule has 2 aromatic heterocycles. The molecule has 0 atom stereocenters. The number of carbonyl (C=O) groups is 1. The van der Waals surface area contributed by atoms with Gasteiger partial charge >= 0.3 is 5.76 Å². The van der Waals surface area contributed by atoms with Crippen LogP contribution in [0.1, 0.15) is 15.9 Å². The molecule has 12 nitrogen and oxygen atoms in total. The average Bonchev–Trinajstić information content (AvgIpc) is 3.33. The predicted molar refractivity (Wildman–Crippen MR) is 139 cm³/mol. The van der Waals surface area contributed by atoms with Crippen molar-refractivity contribution in [3.05, 3.63) is 71.0 Å². The molecule has 0 aliphatic heterocycles. The predicted octanol–water partition coefficient (Wildman–Crippen LogP) is 3.91. The highest BCUT2D eigenvalue weighted by molar-refractivity contribution is 7.93. The molecule has 16 heteroatoms. The van der Waals surface area contributed by atoms with Crippen LogP contribution in [-0.2, 0) is 16.6 Å². The van der Waals surface area contributed by atoms with Gasteiger partial charge in [0.05, 0.1) is 25.2 Å². The molecule has 204 valence electrons. The zero-order chi connectivity index (χ0) is 28.2. The molecule has 5 N–H and O–H groups in total. The van der Waals surface area contributed by atoms with Crippen molar-refractivity contribution in [1.82, 2.24) is 20.2 Å². The molecule has 0 aliphatic carbocycles. The van der Waals surface area contributed by atoms with Crippen molar-refractivity contribution in [2.45, 2.75) is 12.4 Å². The van der Waals surface area contributed by atoms with Crippen LogP contribution >= 0.6 is 11.6 Å². The van der Waals surface area contributed by atoms with Crippen molar-refractivity contribution in [3.63, 3.8) is 0 Å². The molecule has 39 heavy (non-hydrogen) atoms. The number of benzene rings is 2. The molecule has 0 spiro atoms. The quantitative estimate of drug-likeness (QED) is 0.205. The monoisotopic (exact) mass is 579 g/mol. The summed E-state index contributed by atoms with van der Waals surface area (Å²) < 4.78 is 62.3. The number of amides is 1. The Morgan fingerprint density at radius 3 is 2.51 bits per heavy atom. The molecule has 0 aliphatic rings. The minimum absolute atomic E-state index is 0.0582. The summed E-state index contributed by atoms with van der Waals surface area (Å²) in [6.07, 6.45) is 2.71. The Balaban J connectivity index is 1.70. The van der Waals surface area contributed by atoms with Crippen molar-refractivity contribution in [2.24, 2.45) is 5.73 Å². The molecule has 0 radical (unpaired) electrons. The Labute approximate surface area is 225 Å². The summed E-state index contributed by atoms with van der Waals surface area (Å²) >= 11 is 5.90. The van der Waals surface area contributed by atoms with Gasteiger partial charge in [0.25, 0.3) is 15.9 Å². The fraction of sp³-hybridized carbons (Fsp3) is 0.130. The molecule has 0 fully saturated rings. The average molecular weight is 580 g/mol. The lowest BCUT2D eigenvalue weighted by atomic mass is 10.1. The normalized spacial score (nSPS) is 11.3. The number of aromatic nitrogens is 4. The molecular formula is C23H20ClF2N7O5S. The van der Waals surface area contributed by atoms with Crippen LogP contribution in [0.5, 0.6) is 11.6 Å². The van der Waals surface area contributed by atoms with E-state index in [0.717, 1.165) is 0 Å². The number of hydrogen-bond donors (Lipinski definition) is 4. The minimum Gasteiger partial charge on any atom is -0.487 e. The van der Waals surface area contributed by atoms with Crippen molar-refractivity contribution in [2.75, 3.05) is 17.1 Å². The molecule has 4 aromatic rings. The molecule has 4 rings (SSSR count). The Bertz CT molecular complexity index is 1580.